The minimum atomic E-state index is -1.18. The van der Waals surface area contributed by atoms with E-state index in [4.69, 9.17) is 9.47 Å². The van der Waals surface area contributed by atoms with Crippen molar-refractivity contribution in [3.05, 3.63) is 34.9 Å². The van der Waals surface area contributed by atoms with Gasteiger partial charge in [0.05, 0.1) is 24.9 Å². The molecule has 1 aromatic rings. The van der Waals surface area contributed by atoms with Crippen LogP contribution in [0, 0.1) is 29.4 Å². The van der Waals surface area contributed by atoms with Crippen LogP contribution in [-0.4, -0.2) is 24.4 Å². The number of ether oxygens (including phenoxy) is 2. The average molecular weight is 386 g/mol. The number of alkyl halides is 1. The zero-order chi connectivity index (χ0) is 19.4. The molecule has 152 valence electrons. The summed E-state index contributed by atoms with van der Waals surface area (Å²) in [5, 5.41) is 10.2. The normalized spacial score (nSPS) is 30.3. The molecule has 1 aliphatic carbocycles. The maximum atomic E-state index is 13.8. The summed E-state index contributed by atoms with van der Waals surface area (Å²) in [6.45, 7) is 1.87. The number of hydrogen-bond donors (Lipinski definition) is 1. The van der Waals surface area contributed by atoms with E-state index in [2.05, 4.69) is 6.92 Å². The lowest BCUT2D eigenvalue weighted by Crippen LogP contribution is -2.35. The Balaban J connectivity index is 1.51. The Hall–Kier alpha value is -1.11. The Labute approximate surface area is 158 Å². The van der Waals surface area contributed by atoms with Crippen molar-refractivity contribution in [2.75, 3.05) is 13.2 Å². The number of aliphatic hydroxyl groups excluding tert-OH is 1. The number of aliphatic hydroxyl groups is 1. The van der Waals surface area contributed by atoms with Crippen molar-refractivity contribution >= 4 is 0 Å². The second-order valence-electron chi connectivity index (χ2n) is 7.89. The standard InChI is InChI=1S/C21H29F3O3/c1-2-3-20(25)14-6-4-13(5-7-14)16-11-26-21(27-12-16)15-8-18(23)17(10-22)19(24)9-15/h8-9,13-14,16,20-21,25H,2-7,10-12H2,1H3. The van der Waals surface area contributed by atoms with Crippen LogP contribution in [0.4, 0.5) is 13.2 Å². The monoisotopic (exact) mass is 386 g/mol. The number of hydrogen-bond acceptors (Lipinski definition) is 3. The molecular formula is C21H29F3O3. The van der Waals surface area contributed by atoms with Crippen LogP contribution in [0.15, 0.2) is 12.1 Å². The van der Waals surface area contributed by atoms with Crippen LogP contribution < -0.4 is 0 Å². The van der Waals surface area contributed by atoms with E-state index in [-0.39, 0.29) is 17.6 Å². The second kappa shape index (κ2) is 9.39. The van der Waals surface area contributed by atoms with Crippen molar-refractivity contribution in [1.82, 2.24) is 0 Å². The van der Waals surface area contributed by atoms with Crippen molar-refractivity contribution < 1.29 is 27.8 Å². The molecular weight excluding hydrogens is 357 g/mol. The van der Waals surface area contributed by atoms with E-state index in [1.165, 1.54) is 0 Å². The average Bonchev–Trinajstić information content (AvgIpc) is 2.68. The molecule has 1 aromatic carbocycles. The molecule has 0 amide bonds. The van der Waals surface area contributed by atoms with Crippen LogP contribution in [0.1, 0.15) is 62.9 Å². The van der Waals surface area contributed by atoms with E-state index >= 15 is 0 Å². The highest BCUT2D eigenvalue weighted by Crippen LogP contribution is 2.39. The summed E-state index contributed by atoms with van der Waals surface area (Å²) in [4.78, 5) is 0. The van der Waals surface area contributed by atoms with Gasteiger partial charge in [-0.15, -0.1) is 0 Å². The molecule has 1 aliphatic heterocycles. The molecule has 1 heterocycles. The SMILES string of the molecule is CCCC(O)C1CCC(C2COC(c3cc(F)c(CF)c(F)c3)OC2)CC1. The first-order chi connectivity index (χ1) is 13.0. The zero-order valence-corrected chi connectivity index (χ0v) is 15.8. The maximum absolute atomic E-state index is 13.8. The summed E-state index contributed by atoms with van der Waals surface area (Å²) >= 11 is 0. The van der Waals surface area contributed by atoms with Gasteiger partial charge in [-0.1, -0.05) is 13.3 Å². The Morgan fingerprint density at radius 1 is 1.04 bits per heavy atom. The van der Waals surface area contributed by atoms with Gasteiger partial charge in [-0.05, 0) is 56.1 Å². The minimum absolute atomic E-state index is 0.198. The molecule has 3 nitrogen and oxygen atoms in total. The van der Waals surface area contributed by atoms with Crippen LogP contribution >= 0.6 is 0 Å². The zero-order valence-electron chi connectivity index (χ0n) is 15.8. The fourth-order valence-electron chi connectivity index (χ4n) is 4.40. The first-order valence-electron chi connectivity index (χ1n) is 9.98. The molecule has 0 aromatic heterocycles. The molecule has 1 N–H and O–H groups in total. The fourth-order valence-corrected chi connectivity index (χ4v) is 4.40. The summed E-state index contributed by atoms with van der Waals surface area (Å²) in [6.07, 6.45) is 4.98. The van der Waals surface area contributed by atoms with Crippen LogP contribution in [0.5, 0.6) is 0 Å². The molecule has 2 fully saturated rings. The summed E-state index contributed by atoms with van der Waals surface area (Å²) in [5.74, 6) is -0.695. The Morgan fingerprint density at radius 3 is 2.15 bits per heavy atom. The van der Waals surface area contributed by atoms with Gasteiger partial charge in [0.15, 0.2) is 6.29 Å². The smallest absolute Gasteiger partial charge is 0.184 e. The molecule has 3 rings (SSSR count). The van der Waals surface area contributed by atoms with Crippen molar-refractivity contribution in [2.45, 2.75) is 64.5 Å². The third-order valence-corrected chi connectivity index (χ3v) is 6.10. The maximum Gasteiger partial charge on any atom is 0.184 e. The van der Waals surface area contributed by atoms with Gasteiger partial charge in [0.25, 0.3) is 0 Å². The number of halogens is 3. The van der Waals surface area contributed by atoms with Gasteiger partial charge in [0.2, 0.25) is 0 Å². The van der Waals surface area contributed by atoms with E-state index in [0.29, 0.717) is 25.0 Å². The van der Waals surface area contributed by atoms with Crippen LogP contribution in [0.2, 0.25) is 0 Å². The molecule has 1 atom stereocenters. The highest BCUT2D eigenvalue weighted by Gasteiger charge is 2.34. The van der Waals surface area contributed by atoms with E-state index < -0.39 is 30.2 Å². The van der Waals surface area contributed by atoms with Crippen molar-refractivity contribution in [3.63, 3.8) is 0 Å². The van der Waals surface area contributed by atoms with E-state index in [1.807, 2.05) is 0 Å². The lowest BCUT2D eigenvalue weighted by molar-refractivity contribution is -0.215. The molecule has 1 saturated heterocycles. The van der Waals surface area contributed by atoms with Gasteiger partial charge in [-0.2, -0.15) is 0 Å². The molecule has 2 aliphatic rings. The minimum Gasteiger partial charge on any atom is -0.393 e. The fraction of sp³-hybridized carbons (Fsp3) is 0.714. The molecule has 0 bridgehead atoms. The second-order valence-corrected chi connectivity index (χ2v) is 7.89. The van der Waals surface area contributed by atoms with Gasteiger partial charge in [0, 0.05) is 11.5 Å². The molecule has 1 unspecified atom stereocenters. The molecule has 0 radical (unpaired) electrons. The van der Waals surface area contributed by atoms with E-state index in [9.17, 15) is 18.3 Å². The molecule has 1 saturated carbocycles. The summed E-state index contributed by atoms with van der Waals surface area (Å²) < 4.78 is 51.7. The van der Waals surface area contributed by atoms with Crippen molar-refractivity contribution in [3.8, 4) is 0 Å². The first kappa shape index (κ1) is 20.6. The molecule has 0 spiro atoms. The van der Waals surface area contributed by atoms with Gasteiger partial charge in [0.1, 0.15) is 18.3 Å². The Morgan fingerprint density at radius 2 is 1.63 bits per heavy atom. The topological polar surface area (TPSA) is 38.7 Å². The Bertz CT molecular complexity index is 586. The summed E-state index contributed by atoms with van der Waals surface area (Å²) in [6, 6.07) is 2.17. The highest BCUT2D eigenvalue weighted by molar-refractivity contribution is 5.26. The largest absolute Gasteiger partial charge is 0.393 e. The predicted molar refractivity (Wildman–Crippen MR) is 95.7 cm³/mol. The van der Waals surface area contributed by atoms with Gasteiger partial charge in [-0.3, -0.25) is 0 Å². The van der Waals surface area contributed by atoms with Crippen LogP contribution in [-0.2, 0) is 16.1 Å². The quantitative estimate of drug-likeness (QED) is 0.742. The van der Waals surface area contributed by atoms with Gasteiger partial charge < -0.3 is 14.6 Å². The highest BCUT2D eigenvalue weighted by atomic mass is 19.1. The lowest BCUT2D eigenvalue weighted by atomic mass is 9.74. The van der Waals surface area contributed by atoms with E-state index in [1.54, 1.807) is 0 Å². The molecule has 27 heavy (non-hydrogen) atoms. The van der Waals surface area contributed by atoms with Crippen molar-refractivity contribution in [1.29, 1.82) is 0 Å². The Kier molecular flexibility index (Phi) is 7.17. The number of rotatable bonds is 6. The van der Waals surface area contributed by atoms with Crippen molar-refractivity contribution in [2.24, 2.45) is 17.8 Å². The lowest BCUT2D eigenvalue weighted by Gasteiger charge is -2.38. The van der Waals surface area contributed by atoms with Crippen LogP contribution in [0.25, 0.3) is 0 Å². The third kappa shape index (κ3) is 4.84. The first-order valence-corrected chi connectivity index (χ1v) is 9.98. The number of benzene rings is 1. The summed E-state index contributed by atoms with van der Waals surface area (Å²) in [7, 11) is 0. The van der Waals surface area contributed by atoms with Gasteiger partial charge in [-0.25, -0.2) is 13.2 Å². The van der Waals surface area contributed by atoms with Crippen LogP contribution in [0.3, 0.4) is 0 Å². The predicted octanol–water partition coefficient (Wildman–Crippen LogP) is 5.06. The summed E-state index contributed by atoms with van der Waals surface area (Å²) in [5.41, 5.74) is -0.318. The van der Waals surface area contributed by atoms with Gasteiger partial charge >= 0.3 is 0 Å². The van der Waals surface area contributed by atoms with E-state index in [0.717, 1.165) is 50.7 Å². The molecule has 6 heteroatoms. The third-order valence-electron chi connectivity index (χ3n) is 6.10.